The number of aromatic nitrogens is 5. The van der Waals surface area contributed by atoms with E-state index in [9.17, 15) is 4.39 Å². The third-order valence-corrected chi connectivity index (χ3v) is 6.15. The summed E-state index contributed by atoms with van der Waals surface area (Å²) in [4.78, 5) is 6.69. The van der Waals surface area contributed by atoms with Crippen molar-refractivity contribution in [1.29, 1.82) is 0 Å². The van der Waals surface area contributed by atoms with Gasteiger partial charge in [0.25, 0.3) is 0 Å². The van der Waals surface area contributed by atoms with Gasteiger partial charge in [0, 0.05) is 11.6 Å². The molecule has 4 rings (SSSR count). The Hall–Kier alpha value is -1.84. The molecule has 1 aliphatic rings. The number of hydrogen-bond acceptors (Lipinski definition) is 7. The van der Waals surface area contributed by atoms with E-state index in [1.165, 1.54) is 48.3 Å². The first-order valence-electron chi connectivity index (χ1n) is 8.42. The average molecular weight is 391 g/mol. The molecule has 0 aliphatic heterocycles. The van der Waals surface area contributed by atoms with Crippen LogP contribution in [-0.2, 0) is 0 Å². The summed E-state index contributed by atoms with van der Waals surface area (Å²) in [6, 6.07) is 6.43. The molecule has 1 aromatic carbocycles. The zero-order valence-electron chi connectivity index (χ0n) is 14.8. The van der Waals surface area contributed by atoms with E-state index in [2.05, 4.69) is 31.4 Å². The number of hydrogen-bond donors (Lipinski definition) is 0. The normalized spacial score (nSPS) is 15.6. The van der Waals surface area contributed by atoms with Gasteiger partial charge in [-0.3, -0.25) is 9.47 Å². The van der Waals surface area contributed by atoms with Crippen LogP contribution in [0, 0.1) is 5.82 Å². The van der Waals surface area contributed by atoms with Crippen LogP contribution in [0.5, 0.6) is 0 Å². The average Bonchev–Trinajstić information content (AvgIpc) is 3.24. The Morgan fingerprint density at radius 2 is 1.96 bits per heavy atom. The van der Waals surface area contributed by atoms with Crippen molar-refractivity contribution in [3.8, 4) is 5.69 Å². The van der Waals surface area contributed by atoms with E-state index < -0.39 is 0 Å². The van der Waals surface area contributed by atoms with Crippen molar-refractivity contribution in [2.75, 3.05) is 14.1 Å². The quantitative estimate of drug-likeness (QED) is 0.636. The van der Waals surface area contributed by atoms with E-state index in [4.69, 9.17) is 0 Å². The Labute approximate surface area is 159 Å². The largest absolute Gasteiger partial charge is 0.300 e. The minimum atomic E-state index is -0.267. The summed E-state index contributed by atoms with van der Waals surface area (Å²) < 4.78 is 20.6. The van der Waals surface area contributed by atoms with Crippen molar-refractivity contribution in [3.05, 3.63) is 41.7 Å². The molecular weight excluding hydrogens is 371 g/mol. The molecule has 0 radical (unpaired) electrons. The molecule has 2 heterocycles. The molecule has 3 aromatic rings. The van der Waals surface area contributed by atoms with E-state index >= 15 is 0 Å². The second-order valence-electron chi connectivity index (χ2n) is 6.59. The predicted molar refractivity (Wildman–Crippen MR) is 99.4 cm³/mol. The first-order valence-corrected chi connectivity index (χ1v) is 10.0. The van der Waals surface area contributed by atoms with Gasteiger partial charge in [0.1, 0.15) is 11.6 Å². The van der Waals surface area contributed by atoms with Crippen LogP contribution >= 0.6 is 23.3 Å². The molecule has 1 unspecified atom stereocenters. The van der Waals surface area contributed by atoms with Gasteiger partial charge in [-0.15, -0.1) is 10.2 Å². The molecule has 6 nitrogen and oxygen atoms in total. The molecule has 0 amide bonds. The fourth-order valence-electron chi connectivity index (χ4n) is 2.53. The predicted octanol–water partition coefficient (Wildman–Crippen LogP) is 3.91. The highest BCUT2D eigenvalue weighted by molar-refractivity contribution is 8.00. The number of rotatable bonds is 6. The van der Waals surface area contributed by atoms with E-state index in [-0.39, 0.29) is 11.9 Å². The summed E-state index contributed by atoms with van der Waals surface area (Å²) >= 11 is 2.84. The van der Waals surface area contributed by atoms with Gasteiger partial charge in [0.2, 0.25) is 5.16 Å². The van der Waals surface area contributed by atoms with Crippen LogP contribution < -0.4 is 0 Å². The maximum atomic E-state index is 13.4. The lowest BCUT2D eigenvalue weighted by Gasteiger charge is -2.20. The first kappa shape index (κ1) is 17.6. The summed E-state index contributed by atoms with van der Waals surface area (Å²) in [7, 11) is 3.99. The van der Waals surface area contributed by atoms with Crippen LogP contribution in [0.3, 0.4) is 0 Å². The molecule has 26 heavy (non-hydrogen) atoms. The summed E-state index contributed by atoms with van der Waals surface area (Å²) in [5.74, 6) is 2.00. The molecule has 1 fully saturated rings. The van der Waals surface area contributed by atoms with Crippen LogP contribution in [0.2, 0.25) is 0 Å². The van der Waals surface area contributed by atoms with Crippen molar-refractivity contribution in [2.45, 2.75) is 41.2 Å². The third kappa shape index (κ3) is 3.51. The monoisotopic (exact) mass is 390 g/mol. The summed E-state index contributed by atoms with van der Waals surface area (Å²) in [5.41, 5.74) is 0.828. The molecule has 1 aliphatic carbocycles. The Kier molecular flexibility index (Phi) is 4.76. The van der Waals surface area contributed by atoms with Crippen LogP contribution in [0.1, 0.15) is 43.4 Å². The van der Waals surface area contributed by atoms with Gasteiger partial charge in [0.15, 0.2) is 10.2 Å². The molecule has 0 bridgehead atoms. The summed E-state index contributed by atoms with van der Waals surface area (Å²) in [6.07, 6.45) is 2.36. The molecule has 2 aromatic heterocycles. The molecule has 1 atom stereocenters. The number of benzene rings is 1. The molecule has 0 saturated heterocycles. The van der Waals surface area contributed by atoms with E-state index in [0.717, 1.165) is 21.7 Å². The van der Waals surface area contributed by atoms with Gasteiger partial charge in [0.05, 0.1) is 6.04 Å². The number of halogens is 1. The molecule has 1 saturated carbocycles. The Bertz CT molecular complexity index is 900. The van der Waals surface area contributed by atoms with Crippen molar-refractivity contribution in [2.24, 2.45) is 0 Å². The second-order valence-corrected chi connectivity index (χ2v) is 8.55. The lowest BCUT2D eigenvalue weighted by molar-refractivity contribution is 0.305. The zero-order valence-corrected chi connectivity index (χ0v) is 16.4. The van der Waals surface area contributed by atoms with Gasteiger partial charge in [-0.1, -0.05) is 0 Å². The molecule has 9 heteroatoms. The summed E-state index contributed by atoms with van der Waals surface area (Å²) in [6.45, 7) is 2.06. The lowest BCUT2D eigenvalue weighted by atomic mass is 10.2. The van der Waals surface area contributed by atoms with Crippen molar-refractivity contribution in [3.63, 3.8) is 0 Å². The Morgan fingerprint density at radius 1 is 1.23 bits per heavy atom. The van der Waals surface area contributed by atoms with E-state index in [0.29, 0.717) is 11.1 Å². The molecule has 0 spiro atoms. The fourth-order valence-corrected chi connectivity index (χ4v) is 4.18. The highest BCUT2D eigenvalue weighted by atomic mass is 32.2. The smallest absolute Gasteiger partial charge is 0.203 e. The van der Waals surface area contributed by atoms with Crippen molar-refractivity contribution in [1.82, 2.24) is 29.0 Å². The van der Waals surface area contributed by atoms with Crippen molar-refractivity contribution >= 4 is 23.3 Å². The second kappa shape index (κ2) is 7.05. The highest BCUT2D eigenvalue weighted by Crippen LogP contribution is 2.40. The van der Waals surface area contributed by atoms with Gasteiger partial charge in [-0.2, -0.15) is 4.37 Å². The van der Waals surface area contributed by atoms with Crippen molar-refractivity contribution < 1.29 is 4.39 Å². The van der Waals surface area contributed by atoms with Gasteiger partial charge >= 0.3 is 0 Å². The third-order valence-electron chi connectivity index (χ3n) is 4.44. The topological polar surface area (TPSA) is 59.7 Å². The Balaban J connectivity index is 1.71. The minimum absolute atomic E-state index is 0.0540. The van der Waals surface area contributed by atoms with Crippen LogP contribution in [-0.4, -0.2) is 43.1 Å². The maximum absolute atomic E-state index is 13.4. The Morgan fingerprint density at radius 3 is 2.62 bits per heavy atom. The summed E-state index contributed by atoms with van der Waals surface area (Å²) in [5, 5.41) is 9.48. The minimum Gasteiger partial charge on any atom is -0.300 e. The highest BCUT2D eigenvalue weighted by Gasteiger charge is 2.28. The van der Waals surface area contributed by atoms with E-state index in [1.807, 2.05) is 18.7 Å². The molecule has 136 valence electrons. The van der Waals surface area contributed by atoms with Gasteiger partial charge in [-0.25, -0.2) is 9.37 Å². The van der Waals surface area contributed by atoms with Crippen LogP contribution in [0.4, 0.5) is 4.39 Å². The standard InChI is InChI=1S/C17H19FN6S2/c1-10(23(2)3)15-20-21-16(24(15)13-8-6-12(18)7-9-13)25-17-19-14(22-26-17)11-4-5-11/h6-11H,4-5H2,1-3H3. The van der Waals surface area contributed by atoms with Crippen LogP contribution in [0.25, 0.3) is 5.69 Å². The van der Waals surface area contributed by atoms with Gasteiger partial charge < -0.3 is 0 Å². The molecular formula is C17H19FN6S2. The lowest BCUT2D eigenvalue weighted by Crippen LogP contribution is -2.20. The first-order chi connectivity index (χ1) is 12.5. The van der Waals surface area contributed by atoms with E-state index in [1.54, 1.807) is 12.1 Å². The number of nitrogens with zero attached hydrogens (tertiary/aromatic N) is 6. The zero-order chi connectivity index (χ0) is 18.3. The van der Waals surface area contributed by atoms with Gasteiger partial charge in [-0.05, 0) is 81.4 Å². The SMILES string of the molecule is CC(c1nnc(Sc2nc(C3CC3)ns2)n1-c1ccc(F)cc1)N(C)C. The molecule has 0 N–H and O–H groups in total. The van der Waals surface area contributed by atoms with Crippen LogP contribution in [0.15, 0.2) is 33.8 Å². The maximum Gasteiger partial charge on any atom is 0.203 e. The fraction of sp³-hybridized carbons (Fsp3) is 0.412.